The minimum atomic E-state index is -3.82. The monoisotopic (exact) mass is 442 g/mol. The van der Waals surface area contributed by atoms with Gasteiger partial charge in [-0.1, -0.05) is 6.07 Å². The summed E-state index contributed by atoms with van der Waals surface area (Å²) in [5, 5.41) is 13.4. The summed E-state index contributed by atoms with van der Waals surface area (Å²) in [5.74, 6) is 0.0389. The van der Waals surface area contributed by atoms with E-state index in [0.717, 1.165) is 0 Å². The Morgan fingerprint density at radius 2 is 1.87 bits per heavy atom. The van der Waals surface area contributed by atoms with Gasteiger partial charge in [-0.05, 0) is 55.5 Å². The van der Waals surface area contributed by atoms with Crippen LogP contribution in [0.4, 0.5) is 17.2 Å². The third-order valence-corrected chi connectivity index (χ3v) is 5.46. The van der Waals surface area contributed by atoms with Crippen LogP contribution in [-0.4, -0.2) is 30.8 Å². The van der Waals surface area contributed by atoms with Crippen LogP contribution in [0.25, 0.3) is 0 Å². The SMILES string of the molecule is Cc1cc(OCC(=O)Nc2ccc(S(=O)(=O)Nc3ccccn3)cc2)ccc1[N+](=O)[O-]. The predicted octanol–water partition coefficient (Wildman–Crippen LogP) is 3.12. The van der Waals surface area contributed by atoms with Crippen LogP contribution < -0.4 is 14.8 Å². The van der Waals surface area contributed by atoms with Gasteiger partial charge >= 0.3 is 0 Å². The summed E-state index contributed by atoms with van der Waals surface area (Å²) >= 11 is 0. The van der Waals surface area contributed by atoms with Gasteiger partial charge in [-0.15, -0.1) is 0 Å². The Labute approximate surface area is 178 Å². The van der Waals surface area contributed by atoms with Crippen molar-refractivity contribution >= 4 is 33.1 Å². The molecule has 10 nitrogen and oxygen atoms in total. The van der Waals surface area contributed by atoms with Gasteiger partial charge in [-0.25, -0.2) is 13.4 Å². The van der Waals surface area contributed by atoms with Gasteiger partial charge in [-0.3, -0.25) is 19.6 Å². The summed E-state index contributed by atoms with van der Waals surface area (Å²) in [5.41, 5.74) is 0.758. The van der Waals surface area contributed by atoms with E-state index in [2.05, 4.69) is 15.0 Å². The van der Waals surface area contributed by atoms with Crippen molar-refractivity contribution in [2.75, 3.05) is 16.6 Å². The van der Waals surface area contributed by atoms with E-state index in [1.807, 2.05) is 0 Å². The Kier molecular flexibility index (Phi) is 6.46. The van der Waals surface area contributed by atoms with Crippen LogP contribution >= 0.6 is 0 Å². The second kappa shape index (κ2) is 9.22. The van der Waals surface area contributed by atoms with Crippen molar-refractivity contribution in [1.29, 1.82) is 0 Å². The van der Waals surface area contributed by atoms with Crippen molar-refractivity contribution in [1.82, 2.24) is 4.98 Å². The third kappa shape index (κ3) is 5.76. The minimum Gasteiger partial charge on any atom is -0.484 e. The maximum absolute atomic E-state index is 12.4. The van der Waals surface area contributed by atoms with Gasteiger partial charge in [0.05, 0.1) is 9.82 Å². The predicted molar refractivity (Wildman–Crippen MR) is 113 cm³/mol. The highest BCUT2D eigenvalue weighted by molar-refractivity contribution is 7.92. The zero-order valence-corrected chi connectivity index (χ0v) is 17.1. The van der Waals surface area contributed by atoms with E-state index in [4.69, 9.17) is 4.74 Å². The molecule has 2 aromatic carbocycles. The molecule has 0 aliphatic rings. The number of carbonyl (C=O) groups excluding carboxylic acids is 1. The summed E-state index contributed by atoms with van der Waals surface area (Å²) in [4.78, 5) is 26.3. The van der Waals surface area contributed by atoms with Gasteiger partial charge in [0.2, 0.25) is 0 Å². The second-order valence-electron chi connectivity index (χ2n) is 6.39. The molecule has 0 unspecified atom stereocenters. The summed E-state index contributed by atoms with van der Waals surface area (Å²) in [6.07, 6.45) is 1.47. The van der Waals surface area contributed by atoms with E-state index in [-0.39, 0.29) is 23.0 Å². The van der Waals surface area contributed by atoms with E-state index in [0.29, 0.717) is 17.0 Å². The highest BCUT2D eigenvalue weighted by Crippen LogP contribution is 2.23. The lowest BCUT2D eigenvalue weighted by Gasteiger charge is -2.10. The largest absolute Gasteiger partial charge is 0.484 e. The number of aromatic nitrogens is 1. The molecule has 0 saturated heterocycles. The number of benzene rings is 2. The second-order valence-corrected chi connectivity index (χ2v) is 8.07. The van der Waals surface area contributed by atoms with Crippen LogP contribution in [0.1, 0.15) is 5.56 Å². The fraction of sp³-hybridized carbons (Fsp3) is 0.100. The summed E-state index contributed by atoms with van der Waals surface area (Å²) in [6, 6.07) is 14.6. The van der Waals surface area contributed by atoms with Crippen molar-refractivity contribution in [2.24, 2.45) is 0 Å². The molecule has 3 aromatic rings. The molecule has 31 heavy (non-hydrogen) atoms. The molecule has 160 valence electrons. The molecule has 1 aromatic heterocycles. The van der Waals surface area contributed by atoms with Crippen LogP contribution in [0.5, 0.6) is 5.75 Å². The molecule has 0 saturated carbocycles. The summed E-state index contributed by atoms with van der Waals surface area (Å²) in [7, 11) is -3.82. The first-order valence-electron chi connectivity index (χ1n) is 8.96. The van der Waals surface area contributed by atoms with Gasteiger partial charge < -0.3 is 10.1 Å². The topological polar surface area (TPSA) is 141 Å². The summed E-state index contributed by atoms with van der Waals surface area (Å²) < 4.78 is 32.5. The maximum Gasteiger partial charge on any atom is 0.272 e. The van der Waals surface area contributed by atoms with Crippen molar-refractivity contribution in [3.8, 4) is 5.75 Å². The van der Waals surface area contributed by atoms with E-state index < -0.39 is 20.9 Å². The lowest BCUT2D eigenvalue weighted by atomic mass is 10.2. The Morgan fingerprint density at radius 1 is 1.13 bits per heavy atom. The first kappa shape index (κ1) is 21.7. The fourth-order valence-corrected chi connectivity index (χ4v) is 3.61. The van der Waals surface area contributed by atoms with Crippen molar-refractivity contribution < 1.29 is 22.9 Å². The van der Waals surface area contributed by atoms with Crippen molar-refractivity contribution in [3.05, 3.63) is 82.5 Å². The quantitative estimate of drug-likeness (QED) is 0.403. The number of rotatable bonds is 8. The number of carbonyl (C=O) groups is 1. The molecule has 0 bridgehead atoms. The molecular formula is C20H18N4O6S. The molecule has 2 N–H and O–H groups in total. The molecule has 3 rings (SSSR count). The number of anilines is 2. The normalized spacial score (nSPS) is 10.9. The standard InChI is InChI=1S/C20H18N4O6S/c1-14-12-16(7-10-18(14)24(26)27)30-13-20(25)22-15-5-8-17(9-6-15)31(28,29)23-19-4-2-3-11-21-19/h2-12H,13H2,1H3,(H,21,23)(H,22,25). The molecular weight excluding hydrogens is 424 g/mol. The van der Waals surface area contributed by atoms with Crippen LogP contribution in [0.2, 0.25) is 0 Å². The van der Waals surface area contributed by atoms with Crippen LogP contribution in [0.3, 0.4) is 0 Å². The zero-order valence-electron chi connectivity index (χ0n) is 16.3. The van der Waals surface area contributed by atoms with Gasteiger partial charge in [0, 0.05) is 23.5 Å². The first-order chi connectivity index (χ1) is 14.7. The molecule has 0 atom stereocenters. The number of hydrogen-bond donors (Lipinski definition) is 2. The third-order valence-electron chi connectivity index (χ3n) is 4.09. The van der Waals surface area contributed by atoms with Crippen LogP contribution in [-0.2, 0) is 14.8 Å². The van der Waals surface area contributed by atoms with Gasteiger partial charge in [0.25, 0.3) is 21.6 Å². The number of aryl methyl sites for hydroxylation is 1. The van der Waals surface area contributed by atoms with Gasteiger partial charge in [0.15, 0.2) is 6.61 Å². The van der Waals surface area contributed by atoms with E-state index >= 15 is 0 Å². The average molecular weight is 442 g/mol. The van der Waals surface area contributed by atoms with E-state index in [9.17, 15) is 23.3 Å². The molecule has 0 spiro atoms. The highest BCUT2D eigenvalue weighted by atomic mass is 32.2. The Morgan fingerprint density at radius 3 is 2.48 bits per heavy atom. The number of nitrogens with one attached hydrogen (secondary N) is 2. The van der Waals surface area contributed by atoms with Crippen molar-refractivity contribution in [2.45, 2.75) is 11.8 Å². The molecule has 0 radical (unpaired) electrons. The maximum atomic E-state index is 12.4. The van der Waals surface area contributed by atoms with E-state index in [1.165, 1.54) is 54.7 Å². The Bertz CT molecular complexity index is 1200. The molecule has 0 fully saturated rings. The smallest absolute Gasteiger partial charge is 0.272 e. The lowest BCUT2D eigenvalue weighted by Crippen LogP contribution is -2.20. The van der Waals surface area contributed by atoms with Crippen LogP contribution in [0.15, 0.2) is 71.8 Å². The van der Waals surface area contributed by atoms with Crippen LogP contribution in [0, 0.1) is 17.0 Å². The first-order valence-corrected chi connectivity index (χ1v) is 10.4. The molecule has 0 aliphatic heterocycles. The molecule has 0 aliphatic carbocycles. The average Bonchev–Trinajstić information content (AvgIpc) is 2.73. The lowest BCUT2D eigenvalue weighted by molar-refractivity contribution is -0.385. The number of nitrogens with zero attached hydrogens (tertiary/aromatic N) is 2. The number of hydrogen-bond acceptors (Lipinski definition) is 7. The molecule has 11 heteroatoms. The van der Waals surface area contributed by atoms with Gasteiger partial charge in [0.1, 0.15) is 11.6 Å². The highest BCUT2D eigenvalue weighted by Gasteiger charge is 2.15. The number of sulfonamides is 1. The zero-order chi connectivity index (χ0) is 22.4. The summed E-state index contributed by atoms with van der Waals surface area (Å²) in [6.45, 7) is 1.25. The number of pyridine rings is 1. The Balaban J connectivity index is 1.57. The molecule has 1 amide bonds. The number of ether oxygens (including phenoxy) is 1. The number of nitro groups is 1. The minimum absolute atomic E-state index is 0.00811. The van der Waals surface area contributed by atoms with Gasteiger partial charge in [-0.2, -0.15) is 0 Å². The number of nitro benzene ring substituents is 1. The Hall–Kier alpha value is -3.99. The number of amides is 1. The molecule has 1 heterocycles. The van der Waals surface area contributed by atoms with E-state index in [1.54, 1.807) is 19.1 Å². The fourth-order valence-electron chi connectivity index (χ4n) is 2.61. The van der Waals surface area contributed by atoms with Crippen molar-refractivity contribution in [3.63, 3.8) is 0 Å².